The van der Waals surface area contributed by atoms with E-state index in [9.17, 15) is 4.79 Å². The van der Waals surface area contributed by atoms with Gasteiger partial charge in [0.15, 0.2) is 0 Å². The summed E-state index contributed by atoms with van der Waals surface area (Å²) in [6.45, 7) is 2.58. The van der Waals surface area contributed by atoms with Gasteiger partial charge in [0.2, 0.25) is 5.91 Å². The molecule has 0 saturated heterocycles. The summed E-state index contributed by atoms with van der Waals surface area (Å²) in [7, 11) is 1.67. The third kappa shape index (κ3) is 4.37. The molecule has 0 bridgehead atoms. The standard InChI is InChI=1S/C14H21NO3/c1-3-12-10-11(4-5-13(12)18-2)6-8-15-14(17)7-9-16/h4-5,10,16H,3,6-9H2,1-2H3,(H,15,17). The maximum atomic E-state index is 11.2. The molecule has 1 aromatic rings. The minimum atomic E-state index is -0.110. The molecule has 0 aliphatic heterocycles. The molecule has 0 atom stereocenters. The maximum absolute atomic E-state index is 11.2. The van der Waals surface area contributed by atoms with Crippen LogP contribution in [0.4, 0.5) is 0 Å². The Bertz CT molecular complexity index is 391. The van der Waals surface area contributed by atoms with E-state index in [0.717, 1.165) is 18.6 Å². The third-order valence-corrected chi connectivity index (χ3v) is 2.80. The lowest BCUT2D eigenvalue weighted by atomic mass is 10.1. The zero-order chi connectivity index (χ0) is 13.4. The summed E-state index contributed by atoms with van der Waals surface area (Å²) in [6.07, 6.45) is 1.88. The first-order chi connectivity index (χ1) is 8.71. The van der Waals surface area contributed by atoms with Crippen molar-refractivity contribution in [1.82, 2.24) is 5.32 Å². The Labute approximate surface area is 108 Å². The zero-order valence-electron chi connectivity index (χ0n) is 11.0. The molecule has 0 spiro atoms. The summed E-state index contributed by atoms with van der Waals surface area (Å²) in [6, 6.07) is 6.08. The van der Waals surface area contributed by atoms with Gasteiger partial charge < -0.3 is 15.2 Å². The number of benzene rings is 1. The predicted octanol–water partition coefficient (Wildman–Crippen LogP) is 1.30. The molecule has 0 aromatic heterocycles. The average Bonchev–Trinajstić information content (AvgIpc) is 2.38. The summed E-state index contributed by atoms with van der Waals surface area (Å²) in [4.78, 5) is 11.2. The number of aliphatic hydroxyl groups is 1. The van der Waals surface area contributed by atoms with E-state index in [-0.39, 0.29) is 18.9 Å². The number of aryl methyl sites for hydroxylation is 1. The topological polar surface area (TPSA) is 58.6 Å². The van der Waals surface area contributed by atoms with Gasteiger partial charge in [-0.3, -0.25) is 4.79 Å². The number of aliphatic hydroxyl groups excluding tert-OH is 1. The summed E-state index contributed by atoms with van der Waals surface area (Å²) < 4.78 is 5.27. The van der Waals surface area contributed by atoms with Gasteiger partial charge in [0.25, 0.3) is 0 Å². The summed E-state index contributed by atoms with van der Waals surface area (Å²) >= 11 is 0. The Kier molecular flexibility index (Phi) is 6.22. The highest BCUT2D eigenvalue weighted by molar-refractivity contribution is 5.75. The molecule has 18 heavy (non-hydrogen) atoms. The van der Waals surface area contributed by atoms with Crippen LogP contribution in [0.15, 0.2) is 18.2 Å². The molecule has 1 rings (SSSR count). The summed E-state index contributed by atoms with van der Waals surface area (Å²) in [5, 5.41) is 11.4. The fraction of sp³-hybridized carbons (Fsp3) is 0.500. The van der Waals surface area contributed by atoms with Crippen molar-refractivity contribution in [2.24, 2.45) is 0 Å². The minimum absolute atomic E-state index is 0.103. The monoisotopic (exact) mass is 251 g/mol. The number of amides is 1. The van der Waals surface area contributed by atoms with Crippen LogP contribution in [0.5, 0.6) is 5.75 Å². The molecule has 1 aromatic carbocycles. The van der Waals surface area contributed by atoms with Crippen LogP contribution in [-0.4, -0.2) is 31.3 Å². The molecule has 4 heteroatoms. The molecule has 2 N–H and O–H groups in total. The molecular formula is C14H21NO3. The first kappa shape index (κ1) is 14.5. The normalized spacial score (nSPS) is 10.2. The van der Waals surface area contributed by atoms with Crippen LogP contribution >= 0.6 is 0 Å². The number of carbonyl (C=O) groups is 1. The molecule has 0 unspecified atom stereocenters. The lowest BCUT2D eigenvalue weighted by Crippen LogP contribution is -2.26. The second-order valence-electron chi connectivity index (χ2n) is 4.07. The fourth-order valence-corrected chi connectivity index (χ4v) is 1.80. The summed E-state index contributed by atoms with van der Waals surface area (Å²) in [5.74, 6) is 0.798. The van der Waals surface area contributed by atoms with E-state index >= 15 is 0 Å². The van der Waals surface area contributed by atoms with Crippen LogP contribution in [0.25, 0.3) is 0 Å². The molecule has 0 heterocycles. The van der Waals surface area contributed by atoms with E-state index in [4.69, 9.17) is 9.84 Å². The molecule has 0 saturated carbocycles. The number of carbonyl (C=O) groups excluding carboxylic acids is 1. The van der Waals surface area contributed by atoms with Gasteiger partial charge in [0.05, 0.1) is 13.7 Å². The lowest BCUT2D eigenvalue weighted by Gasteiger charge is -2.09. The van der Waals surface area contributed by atoms with Crippen molar-refractivity contribution in [3.8, 4) is 5.75 Å². The molecule has 1 amide bonds. The van der Waals surface area contributed by atoms with Gasteiger partial charge in [-0.25, -0.2) is 0 Å². The first-order valence-corrected chi connectivity index (χ1v) is 6.24. The van der Waals surface area contributed by atoms with E-state index in [1.54, 1.807) is 7.11 Å². The van der Waals surface area contributed by atoms with Crippen LogP contribution in [-0.2, 0) is 17.6 Å². The number of methoxy groups -OCH3 is 1. The van der Waals surface area contributed by atoms with Gasteiger partial charge in [0, 0.05) is 13.0 Å². The molecular weight excluding hydrogens is 230 g/mol. The number of rotatable bonds is 7. The van der Waals surface area contributed by atoms with Gasteiger partial charge in [-0.2, -0.15) is 0 Å². The third-order valence-electron chi connectivity index (χ3n) is 2.80. The minimum Gasteiger partial charge on any atom is -0.496 e. The van der Waals surface area contributed by atoms with Gasteiger partial charge in [-0.05, 0) is 30.0 Å². The Morgan fingerprint density at radius 2 is 2.22 bits per heavy atom. The second-order valence-corrected chi connectivity index (χ2v) is 4.07. The van der Waals surface area contributed by atoms with E-state index < -0.39 is 0 Å². The Balaban J connectivity index is 2.50. The first-order valence-electron chi connectivity index (χ1n) is 6.24. The quantitative estimate of drug-likeness (QED) is 0.768. The van der Waals surface area contributed by atoms with Crippen LogP contribution in [0.1, 0.15) is 24.5 Å². The molecule has 100 valence electrons. The molecule has 0 aliphatic carbocycles. The van der Waals surface area contributed by atoms with Crippen molar-refractivity contribution < 1.29 is 14.6 Å². The van der Waals surface area contributed by atoms with Crippen molar-refractivity contribution >= 4 is 5.91 Å². The SMILES string of the molecule is CCc1cc(CCNC(=O)CCO)ccc1OC. The highest BCUT2D eigenvalue weighted by atomic mass is 16.5. The highest BCUT2D eigenvalue weighted by Crippen LogP contribution is 2.20. The fourth-order valence-electron chi connectivity index (χ4n) is 1.80. The molecule has 0 fully saturated rings. The maximum Gasteiger partial charge on any atom is 0.222 e. The van der Waals surface area contributed by atoms with Crippen molar-refractivity contribution in [1.29, 1.82) is 0 Å². The highest BCUT2D eigenvalue weighted by Gasteiger charge is 2.03. The second kappa shape index (κ2) is 7.71. The van der Waals surface area contributed by atoms with E-state index in [0.29, 0.717) is 6.54 Å². The van der Waals surface area contributed by atoms with E-state index in [2.05, 4.69) is 18.3 Å². The number of nitrogens with one attached hydrogen (secondary N) is 1. The van der Waals surface area contributed by atoms with Gasteiger partial charge in [-0.15, -0.1) is 0 Å². The van der Waals surface area contributed by atoms with Gasteiger partial charge >= 0.3 is 0 Å². The van der Waals surface area contributed by atoms with Gasteiger partial charge in [0.1, 0.15) is 5.75 Å². The Hall–Kier alpha value is -1.55. The largest absolute Gasteiger partial charge is 0.496 e. The number of hydrogen-bond donors (Lipinski definition) is 2. The van der Waals surface area contributed by atoms with Crippen molar-refractivity contribution in [3.05, 3.63) is 29.3 Å². The average molecular weight is 251 g/mol. The van der Waals surface area contributed by atoms with Crippen LogP contribution in [0.2, 0.25) is 0 Å². The molecule has 0 aliphatic rings. The molecule has 4 nitrogen and oxygen atoms in total. The van der Waals surface area contributed by atoms with Crippen LogP contribution in [0, 0.1) is 0 Å². The van der Waals surface area contributed by atoms with E-state index in [1.807, 2.05) is 12.1 Å². The van der Waals surface area contributed by atoms with E-state index in [1.165, 1.54) is 11.1 Å². The molecule has 0 radical (unpaired) electrons. The van der Waals surface area contributed by atoms with Crippen molar-refractivity contribution in [2.45, 2.75) is 26.2 Å². The van der Waals surface area contributed by atoms with Crippen LogP contribution < -0.4 is 10.1 Å². The number of hydrogen-bond acceptors (Lipinski definition) is 3. The smallest absolute Gasteiger partial charge is 0.222 e. The summed E-state index contributed by atoms with van der Waals surface area (Å²) in [5.41, 5.74) is 2.36. The van der Waals surface area contributed by atoms with Crippen LogP contribution in [0.3, 0.4) is 0 Å². The van der Waals surface area contributed by atoms with Crippen molar-refractivity contribution in [2.75, 3.05) is 20.3 Å². The zero-order valence-corrected chi connectivity index (χ0v) is 11.0. The number of ether oxygens (including phenoxy) is 1. The lowest BCUT2D eigenvalue weighted by molar-refractivity contribution is -0.121. The van der Waals surface area contributed by atoms with Gasteiger partial charge in [-0.1, -0.05) is 19.1 Å². The predicted molar refractivity (Wildman–Crippen MR) is 70.8 cm³/mol. The Morgan fingerprint density at radius 3 is 2.83 bits per heavy atom. The Morgan fingerprint density at radius 1 is 1.44 bits per heavy atom. The van der Waals surface area contributed by atoms with Crippen molar-refractivity contribution in [3.63, 3.8) is 0 Å².